The lowest BCUT2D eigenvalue weighted by atomic mass is 10.2. The van der Waals surface area contributed by atoms with E-state index < -0.39 is 0 Å². The Balaban J connectivity index is 2.25. The number of thiophene rings is 1. The minimum atomic E-state index is 0.176. The van der Waals surface area contributed by atoms with Crippen LogP contribution in [0.15, 0.2) is 41.8 Å². The highest BCUT2D eigenvalue weighted by atomic mass is 35.5. The molecule has 1 unspecified atom stereocenters. The topological polar surface area (TPSA) is 29.3 Å². The molecule has 0 amide bonds. The third kappa shape index (κ3) is 2.80. The summed E-state index contributed by atoms with van der Waals surface area (Å²) in [6, 6.07) is 12.4. The van der Waals surface area contributed by atoms with Crippen molar-refractivity contribution in [2.75, 3.05) is 18.5 Å². The molecule has 90 valence electrons. The molecule has 0 aliphatic carbocycles. The number of halogens is 1. The molecule has 2 rings (SSSR count). The molecule has 2 nitrogen and oxygen atoms in total. The normalized spacial score (nSPS) is 12.4. The molecular weight excluding hydrogens is 252 g/mol. The van der Waals surface area contributed by atoms with Crippen LogP contribution in [-0.4, -0.2) is 13.6 Å². The van der Waals surface area contributed by atoms with Crippen molar-refractivity contribution in [3.8, 4) is 0 Å². The summed E-state index contributed by atoms with van der Waals surface area (Å²) >= 11 is 7.61. The first-order valence-electron chi connectivity index (χ1n) is 5.44. The van der Waals surface area contributed by atoms with Crippen LogP contribution in [0.4, 0.5) is 5.69 Å². The third-order valence-corrected chi connectivity index (χ3v) is 4.15. The molecule has 1 heterocycles. The maximum absolute atomic E-state index is 5.96. The molecule has 1 atom stereocenters. The van der Waals surface area contributed by atoms with Crippen molar-refractivity contribution in [2.24, 2.45) is 5.73 Å². The number of nitrogens with zero attached hydrogens (tertiary/aromatic N) is 1. The number of benzene rings is 1. The van der Waals surface area contributed by atoms with Gasteiger partial charge in [0.15, 0.2) is 0 Å². The highest BCUT2D eigenvalue weighted by Gasteiger charge is 2.17. The SMILES string of the molecule is CN(c1ccccc1)C(CN)c1cc(Cl)cs1. The molecule has 0 fully saturated rings. The van der Waals surface area contributed by atoms with E-state index in [0.717, 1.165) is 10.7 Å². The summed E-state index contributed by atoms with van der Waals surface area (Å²) in [5, 5.41) is 2.73. The third-order valence-electron chi connectivity index (χ3n) is 2.77. The Hall–Kier alpha value is -1.03. The molecule has 2 N–H and O–H groups in total. The maximum atomic E-state index is 5.96. The van der Waals surface area contributed by atoms with Crippen LogP contribution in [0.5, 0.6) is 0 Å². The molecule has 0 bridgehead atoms. The summed E-state index contributed by atoms with van der Waals surface area (Å²) in [5.74, 6) is 0. The van der Waals surface area contributed by atoms with E-state index in [2.05, 4.69) is 24.1 Å². The molecule has 1 aromatic carbocycles. The Morgan fingerprint density at radius 1 is 1.35 bits per heavy atom. The first-order chi connectivity index (χ1) is 8.22. The average molecular weight is 267 g/mol. The molecule has 2 aromatic rings. The monoisotopic (exact) mass is 266 g/mol. The summed E-state index contributed by atoms with van der Waals surface area (Å²) in [5.41, 5.74) is 7.03. The highest BCUT2D eigenvalue weighted by molar-refractivity contribution is 7.10. The zero-order valence-corrected chi connectivity index (χ0v) is 11.2. The molecular formula is C13H15ClN2S. The van der Waals surface area contributed by atoms with Gasteiger partial charge in [0.2, 0.25) is 0 Å². The molecule has 4 heteroatoms. The molecule has 0 saturated heterocycles. The van der Waals surface area contributed by atoms with Gasteiger partial charge in [-0.2, -0.15) is 0 Å². The summed E-state index contributed by atoms with van der Waals surface area (Å²) in [4.78, 5) is 3.38. The van der Waals surface area contributed by atoms with E-state index in [-0.39, 0.29) is 6.04 Å². The summed E-state index contributed by atoms with van der Waals surface area (Å²) in [7, 11) is 2.06. The van der Waals surface area contributed by atoms with Crippen LogP contribution in [-0.2, 0) is 0 Å². The predicted octanol–water partition coefficient (Wildman–Crippen LogP) is 3.54. The second-order valence-corrected chi connectivity index (χ2v) is 5.24. The first-order valence-corrected chi connectivity index (χ1v) is 6.70. The lowest BCUT2D eigenvalue weighted by molar-refractivity contribution is 0.692. The quantitative estimate of drug-likeness (QED) is 0.917. The highest BCUT2D eigenvalue weighted by Crippen LogP contribution is 2.30. The van der Waals surface area contributed by atoms with Crippen molar-refractivity contribution in [3.63, 3.8) is 0 Å². The minimum Gasteiger partial charge on any atom is -0.365 e. The van der Waals surface area contributed by atoms with E-state index in [1.807, 2.05) is 29.6 Å². The van der Waals surface area contributed by atoms with Crippen molar-refractivity contribution in [1.29, 1.82) is 0 Å². The van der Waals surface area contributed by atoms with Crippen LogP contribution >= 0.6 is 22.9 Å². The van der Waals surface area contributed by atoms with E-state index in [0.29, 0.717) is 6.54 Å². The Labute approximate surface area is 111 Å². The van der Waals surface area contributed by atoms with Gasteiger partial charge in [-0.05, 0) is 18.2 Å². The Morgan fingerprint density at radius 3 is 2.59 bits per heavy atom. The second-order valence-electron chi connectivity index (χ2n) is 3.87. The molecule has 0 radical (unpaired) electrons. The molecule has 1 aromatic heterocycles. The largest absolute Gasteiger partial charge is 0.365 e. The zero-order valence-electron chi connectivity index (χ0n) is 9.64. The smallest absolute Gasteiger partial charge is 0.0754 e. The Bertz CT molecular complexity index is 469. The van der Waals surface area contributed by atoms with Crippen molar-refractivity contribution in [2.45, 2.75) is 6.04 Å². The number of hydrogen-bond donors (Lipinski definition) is 1. The van der Waals surface area contributed by atoms with Gasteiger partial charge in [0.25, 0.3) is 0 Å². The number of likely N-dealkylation sites (N-methyl/N-ethyl adjacent to an activating group) is 1. The summed E-state index contributed by atoms with van der Waals surface area (Å²) in [6.45, 7) is 0.572. The standard InChI is InChI=1S/C13H15ClN2S/c1-16(11-5-3-2-4-6-11)12(8-15)13-7-10(14)9-17-13/h2-7,9,12H,8,15H2,1H3. The number of rotatable bonds is 4. The van der Waals surface area contributed by atoms with Crippen molar-refractivity contribution in [3.05, 3.63) is 51.7 Å². The van der Waals surface area contributed by atoms with Crippen LogP contribution in [0, 0.1) is 0 Å². The molecule has 17 heavy (non-hydrogen) atoms. The zero-order chi connectivity index (χ0) is 12.3. The molecule has 0 aliphatic heterocycles. The fourth-order valence-corrected chi connectivity index (χ4v) is 3.05. The maximum Gasteiger partial charge on any atom is 0.0754 e. The Kier molecular flexibility index (Phi) is 4.05. The van der Waals surface area contributed by atoms with Gasteiger partial charge in [0.1, 0.15) is 0 Å². The van der Waals surface area contributed by atoms with Gasteiger partial charge >= 0.3 is 0 Å². The molecule has 0 aliphatic rings. The molecule has 0 saturated carbocycles. The molecule has 0 spiro atoms. The van der Waals surface area contributed by atoms with Gasteiger partial charge in [-0.15, -0.1) is 11.3 Å². The van der Waals surface area contributed by atoms with Crippen LogP contribution in [0.1, 0.15) is 10.9 Å². The Morgan fingerprint density at radius 2 is 2.06 bits per heavy atom. The number of anilines is 1. The fraction of sp³-hybridized carbons (Fsp3) is 0.231. The minimum absolute atomic E-state index is 0.176. The van der Waals surface area contributed by atoms with Crippen molar-refractivity contribution >= 4 is 28.6 Å². The van der Waals surface area contributed by atoms with Gasteiger partial charge in [0.05, 0.1) is 11.1 Å². The van der Waals surface area contributed by atoms with Gasteiger partial charge in [-0.1, -0.05) is 29.8 Å². The van der Waals surface area contributed by atoms with Crippen molar-refractivity contribution in [1.82, 2.24) is 0 Å². The fourth-order valence-electron chi connectivity index (χ4n) is 1.81. The van der Waals surface area contributed by atoms with Crippen LogP contribution < -0.4 is 10.6 Å². The van der Waals surface area contributed by atoms with Crippen LogP contribution in [0.3, 0.4) is 0 Å². The number of hydrogen-bond acceptors (Lipinski definition) is 3. The van der Waals surface area contributed by atoms with Gasteiger partial charge in [-0.25, -0.2) is 0 Å². The van der Waals surface area contributed by atoms with Gasteiger partial charge < -0.3 is 10.6 Å². The van der Waals surface area contributed by atoms with E-state index in [9.17, 15) is 0 Å². The van der Waals surface area contributed by atoms with Crippen LogP contribution in [0.25, 0.3) is 0 Å². The van der Waals surface area contributed by atoms with E-state index >= 15 is 0 Å². The van der Waals surface area contributed by atoms with E-state index in [4.69, 9.17) is 17.3 Å². The first kappa shape index (κ1) is 12.4. The number of nitrogens with two attached hydrogens (primary N) is 1. The summed E-state index contributed by atoms with van der Waals surface area (Å²) in [6.07, 6.45) is 0. The van der Waals surface area contributed by atoms with Gasteiger partial charge in [0, 0.05) is 29.5 Å². The second kappa shape index (κ2) is 5.54. The average Bonchev–Trinajstić information content (AvgIpc) is 2.78. The van der Waals surface area contributed by atoms with E-state index in [1.165, 1.54) is 4.88 Å². The summed E-state index contributed by atoms with van der Waals surface area (Å²) < 4.78 is 0. The lowest BCUT2D eigenvalue weighted by Gasteiger charge is -2.28. The van der Waals surface area contributed by atoms with Crippen LogP contribution in [0.2, 0.25) is 5.02 Å². The number of para-hydroxylation sites is 1. The lowest BCUT2D eigenvalue weighted by Crippen LogP contribution is -2.29. The predicted molar refractivity (Wildman–Crippen MR) is 76.0 cm³/mol. The van der Waals surface area contributed by atoms with E-state index in [1.54, 1.807) is 11.3 Å². The van der Waals surface area contributed by atoms with Gasteiger partial charge in [-0.3, -0.25) is 0 Å². The van der Waals surface area contributed by atoms with Crippen molar-refractivity contribution < 1.29 is 0 Å².